The van der Waals surface area contributed by atoms with E-state index < -0.39 is 0 Å². The number of anilines is 1. The number of rotatable bonds is 8. The van der Waals surface area contributed by atoms with Crippen molar-refractivity contribution in [2.24, 2.45) is 5.92 Å². The average Bonchev–Trinajstić information content (AvgIpc) is 3.46. The lowest BCUT2D eigenvalue weighted by molar-refractivity contribution is -0.115. The summed E-state index contributed by atoms with van der Waals surface area (Å²) in [5, 5.41) is 7.31. The maximum Gasteiger partial charge on any atom is 0.228 e. The molecule has 0 radical (unpaired) electrons. The number of hydrogen-bond donors (Lipinski definition) is 1. The van der Waals surface area contributed by atoms with E-state index in [0.717, 1.165) is 28.5 Å². The van der Waals surface area contributed by atoms with Crippen molar-refractivity contribution in [2.75, 3.05) is 5.32 Å². The average molecular weight is 376 g/mol. The van der Waals surface area contributed by atoms with Gasteiger partial charge in [-0.2, -0.15) is 5.10 Å². The van der Waals surface area contributed by atoms with E-state index in [4.69, 9.17) is 4.74 Å². The first-order valence-corrected chi connectivity index (χ1v) is 9.62. The number of nitrogens with one attached hydrogen (secondary N) is 1. The van der Waals surface area contributed by atoms with Crippen molar-refractivity contribution in [3.63, 3.8) is 0 Å². The Labute approximate surface area is 164 Å². The number of carbonyl (C=O) groups is 1. The molecule has 1 aliphatic rings. The van der Waals surface area contributed by atoms with Crippen LogP contribution in [-0.2, 0) is 17.8 Å². The van der Waals surface area contributed by atoms with Gasteiger partial charge in [0.25, 0.3) is 0 Å². The Morgan fingerprint density at radius 2 is 2.11 bits per heavy atom. The zero-order valence-corrected chi connectivity index (χ0v) is 15.9. The highest BCUT2D eigenvalue weighted by atomic mass is 16.5. The predicted octanol–water partition coefficient (Wildman–Crippen LogP) is 4.01. The highest BCUT2D eigenvalue weighted by molar-refractivity contribution is 5.92. The number of pyridine rings is 1. The van der Waals surface area contributed by atoms with Crippen LogP contribution in [0.1, 0.15) is 36.9 Å². The van der Waals surface area contributed by atoms with Crippen LogP contribution < -0.4 is 10.1 Å². The number of aromatic nitrogens is 3. The fourth-order valence-corrected chi connectivity index (χ4v) is 3.21. The molecule has 28 heavy (non-hydrogen) atoms. The molecule has 2 heterocycles. The van der Waals surface area contributed by atoms with Crippen LogP contribution in [0.4, 0.5) is 5.69 Å². The van der Waals surface area contributed by atoms with E-state index in [9.17, 15) is 4.79 Å². The van der Waals surface area contributed by atoms with E-state index in [0.29, 0.717) is 12.6 Å². The van der Waals surface area contributed by atoms with Gasteiger partial charge in [0.2, 0.25) is 5.91 Å². The summed E-state index contributed by atoms with van der Waals surface area (Å²) in [5.41, 5.74) is 2.64. The van der Waals surface area contributed by atoms with Gasteiger partial charge in [-0.25, -0.2) is 0 Å². The normalized spacial score (nSPS) is 14.5. The Kier molecular flexibility index (Phi) is 5.37. The molecule has 4 rings (SSSR count). The van der Waals surface area contributed by atoms with Gasteiger partial charge in [0.15, 0.2) is 0 Å². The van der Waals surface area contributed by atoms with E-state index in [1.165, 1.54) is 12.8 Å². The molecule has 0 spiro atoms. The minimum absolute atomic E-state index is 0.0666. The summed E-state index contributed by atoms with van der Waals surface area (Å²) >= 11 is 0. The van der Waals surface area contributed by atoms with Crippen molar-refractivity contribution in [1.82, 2.24) is 14.8 Å². The quantitative estimate of drug-likeness (QED) is 0.645. The van der Waals surface area contributed by atoms with Gasteiger partial charge in [0, 0.05) is 24.2 Å². The van der Waals surface area contributed by atoms with Crippen LogP contribution in [0.25, 0.3) is 0 Å². The molecule has 1 atom stereocenters. The molecule has 0 saturated heterocycles. The molecule has 144 valence electrons. The van der Waals surface area contributed by atoms with E-state index in [2.05, 4.69) is 22.3 Å². The second-order valence-electron chi connectivity index (χ2n) is 7.31. The standard InChI is InChI=1S/C22H24N4O2/c1-16(19-7-8-19)26-14-20(13-24-26)25-22(27)11-17-4-2-6-21(10-17)28-15-18-5-3-9-23-12-18/h2-6,9-10,12-14,16,19H,7-8,11,15H2,1H3,(H,25,27). The molecule has 1 aromatic carbocycles. The third-order valence-corrected chi connectivity index (χ3v) is 5.00. The first-order chi connectivity index (χ1) is 13.7. The lowest BCUT2D eigenvalue weighted by Crippen LogP contribution is -2.14. The van der Waals surface area contributed by atoms with Gasteiger partial charge < -0.3 is 10.1 Å². The third kappa shape index (κ3) is 4.76. The smallest absolute Gasteiger partial charge is 0.228 e. The monoisotopic (exact) mass is 376 g/mol. The topological polar surface area (TPSA) is 69.0 Å². The first-order valence-electron chi connectivity index (χ1n) is 9.62. The summed E-state index contributed by atoms with van der Waals surface area (Å²) in [6.07, 6.45) is 9.95. The second kappa shape index (κ2) is 8.25. The highest BCUT2D eigenvalue weighted by Gasteiger charge is 2.29. The molecular weight excluding hydrogens is 352 g/mol. The summed E-state index contributed by atoms with van der Waals surface area (Å²) < 4.78 is 7.75. The first kappa shape index (κ1) is 18.2. The van der Waals surface area contributed by atoms with Gasteiger partial charge in [-0.15, -0.1) is 0 Å². The minimum atomic E-state index is -0.0666. The zero-order valence-electron chi connectivity index (χ0n) is 15.9. The SMILES string of the molecule is CC(C1CC1)n1cc(NC(=O)Cc2cccc(OCc3cccnc3)c2)cn1. The Balaban J connectivity index is 1.31. The Hall–Kier alpha value is -3.15. The summed E-state index contributed by atoms with van der Waals surface area (Å²) in [5.74, 6) is 1.39. The number of benzene rings is 1. The van der Waals surface area contributed by atoms with Gasteiger partial charge in [-0.3, -0.25) is 14.5 Å². The van der Waals surface area contributed by atoms with Gasteiger partial charge in [-0.05, 0) is 49.4 Å². The summed E-state index contributed by atoms with van der Waals surface area (Å²) in [6.45, 7) is 2.62. The largest absolute Gasteiger partial charge is 0.489 e. The fourth-order valence-electron chi connectivity index (χ4n) is 3.21. The Bertz CT molecular complexity index is 934. The van der Waals surface area contributed by atoms with E-state index >= 15 is 0 Å². The predicted molar refractivity (Wildman–Crippen MR) is 107 cm³/mol. The van der Waals surface area contributed by atoms with Crippen molar-refractivity contribution >= 4 is 11.6 Å². The molecule has 6 nitrogen and oxygen atoms in total. The third-order valence-electron chi connectivity index (χ3n) is 5.00. The molecule has 0 bridgehead atoms. The number of carbonyl (C=O) groups excluding carboxylic acids is 1. The maximum atomic E-state index is 12.4. The summed E-state index contributed by atoms with van der Waals surface area (Å²) in [7, 11) is 0. The summed E-state index contributed by atoms with van der Waals surface area (Å²) in [6, 6.07) is 11.8. The van der Waals surface area contributed by atoms with Crippen LogP contribution in [-0.4, -0.2) is 20.7 Å². The van der Waals surface area contributed by atoms with Crippen LogP contribution in [0, 0.1) is 5.92 Å². The molecule has 6 heteroatoms. The van der Waals surface area contributed by atoms with E-state index in [1.54, 1.807) is 18.6 Å². The molecule has 1 fully saturated rings. The minimum Gasteiger partial charge on any atom is -0.489 e. The lowest BCUT2D eigenvalue weighted by Gasteiger charge is -2.10. The molecule has 3 aromatic rings. The number of nitrogens with zero attached hydrogens (tertiary/aromatic N) is 3. The molecule has 1 N–H and O–H groups in total. The maximum absolute atomic E-state index is 12.4. The second-order valence-corrected chi connectivity index (χ2v) is 7.31. The molecule has 1 saturated carbocycles. The van der Waals surface area contributed by atoms with Crippen molar-refractivity contribution in [1.29, 1.82) is 0 Å². The molecule has 0 aliphatic heterocycles. The molecular formula is C22H24N4O2. The fraction of sp³-hybridized carbons (Fsp3) is 0.318. The van der Waals surface area contributed by atoms with Gasteiger partial charge in [0.05, 0.1) is 24.3 Å². The van der Waals surface area contributed by atoms with Crippen LogP contribution >= 0.6 is 0 Å². The van der Waals surface area contributed by atoms with Gasteiger partial charge >= 0.3 is 0 Å². The van der Waals surface area contributed by atoms with E-state index in [-0.39, 0.29) is 12.3 Å². The van der Waals surface area contributed by atoms with Gasteiger partial charge in [-0.1, -0.05) is 18.2 Å². The molecule has 1 unspecified atom stereocenters. The number of hydrogen-bond acceptors (Lipinski definition) is 4. The van der Waals surface area contributed by atoms with Crippen molar-refractivity contribution in [3.8, 4) is 5.75 Å². The van der Waals surface area contributed by atoms with Crippen molar-refractivity contribution in [2.45, 2.75) is 38.8 Å². The summed E-state index contributed by atoms with van der Waals surface area (Å²) in [4.78, 5) is 16.5. The molecule has 1 amide bonds. The van der Waals surface area contributed by atoms with Crippen LogP contribution in [0.2, 0.25) is 0 Å². The molecule has 2 aromatic heterocycles. The van der Waals surface area contributed by atoms with Crippen molar-refractivity contribution in [3.05, 3.63) is 72.3 Å². The Morgan fingerprint density at radius 3 is 2.89 bits per heavy atom. The van der Waals surface area contributed by atoms with Crippen LogP contribution in [0.15, 0.2) is 61.2 Å². The lowest BCUT2D eigenvalue weighted by atomic mass is 10.1. The van der Waals surface area contributed by atoms with E-state index in [1.807, 2.05) is 47.3 Å². The van der Waals surface area contributed by atoms with Crippen LogP contribution in [0.3, 0.4) is 0 Å². The van der Waals surface area contributed by atoms with Crippen molar-refractivity contribution < 1.29 is 9.53 Å². The van der Waals surface area contributed by atoms with Crippen LogP contribution in [0.5, 0.6) is 5.75 Å². The van der Waals surface area contributed by atoms with Gasteiger partial charge in [0.1, 0.15) is 12.4 Å². The Morgan fingerprint density at radius 1 is 1.25 bits per heavy atom. The number of ether oxygens (including phenoxy) is 1. The number of amides is 1. The zero-order chi connectivity index (χ0) is 19.3. The molecule has 1 aliphatic carbocycles. The highest BCUT2D eigenvalue weighted by Crippen LogP contribution is 2.39.